The fourth-order valence-electron chi connectivity index (χ4n) is 4.39. The third-order valence-electron chi connectivity index (χ3n) is 6.26. The molecule has 0 spiro atoms. The zero-order chi connectivity index (χ0) is 20.7. The number of piperazine rings is 1. The van der Waals surface area contributed by atoms with Crippen LogP contribution in [0.1, 0.15) is 22.0 Å². The Morgan fingerprint density at radius 2 is 1.70 bits per heavy atom. The molecule has 3 N–H and O–H groups in total. The van der Waals surface area contributed by atoms with Gasteiger partial charge in [-0.2, -0.15) is 0 Å². The molecule has 1 fully saturated rings. The fraction of sp³-hybridized carbons (Fsp3) is 0.348. The minimum absolute atomic E-state index is 0.00268. The Morgan fingerprint density at radius 1 is 0.967 bits per heavy atom. The molecule has 7 heteroatoms. The van der Waals surface area contributed by atoms with Crippen LogP contribution in [0.5, 0.6) is 0 Å². The lowest BCUT2D eigenvalue weighted by molar-refractivity contribution is -1.02. The first-order valence-corrected chi connectivity index (χ1v) is 11.4. The van der Waals surface area contributed by atoms with Gasteiger partial charge in [-0.3, -0.25) is 4.79 Å². The summed E-state index contributed by atoms with van der Waals surface area (Å²) in [5.41, 5.74) is 3.29. The monoisotopic (exact) mass is 421 g/mol. The average molecular weight is 422 g/mol. The van der Waals surface area contributed by atoms with Crippen LogP contribution in [0.2, 0.25) is 0 Å². The van der Waals surface area contributed by atoms with Gasteiger partial charge in [-0.25, -0.2) is 9.97 Å². The second-order valence-electron chi connectivity index (χ2n) is 8.32. The van der Waals surface area contributed by atoms with Gasteiger partial charge >= 0.3 is 0 Å². The van der Waals surface area contributed by atoms with Crippen molar-refractivity contribution in [2.45, 2.75) is 26.9 Å². The molecule has 4 heterocycles. The number of hydrogen-bond donors (Lipinski definition) is 3. The van der Waals surface area contributed by atoms with Gasteiger partial charge in [0, 0.05) is 10.3 Å². The van der Waals surface area contributed by atoms with Gasteiger partial charge in [0.15, 0.2) is 5.82 Å². The summed E-state index contributed by atoms with van der Waals surface area (Å²) < 4.78 is 0. The highest BCUT2D eigenvalue weighted by molar-refractivity contribution is 7.18. The number of nitrogens with one attached hydrogen (secondary N) is 3. The molecule has 0 radical (unpaired) electrons. The van der Waals surface area contributed by atoms with Crippen LogP contribution in [0.4, 0.5) is 0 Å². The number of quaternary nitrogens is 2. The van der Waals surface area contributed by atoms with Crippen molar-refractivity contribution in [2.24, 2.45) is 0 Å². The summed E-state index contributed by atoms with van der Waals surface area (Å²) >= 11 is 1.62. The molecule has 0 saturated carbocycles. The maximum atomic E-state index is 12.5. The van der Waals surface area contributed by atoms with Gasteiger partial charge in [0.05, 0.1) is 16.6 Å². The largest absolute Gasteiger partial charge is 0.321 e. The van der Waals surface area contributed by atoms with E-state index in [2.05, 4.69) is 42.2 Å². The molecule has 6 nitrogen and oxygen atoms in total. The Morgan fingerprint density at radius 3 is 2.50 bits per heavy atom. The molecular weight excluding hydrogens is 394 g/mol. The lowest BCUT2D eigenvalue weighted by atomic mass is 10.2. The molecule has 0 aliphatic carbocycles. The minimum atomic E-state index is 0.00268. The van der Waals surface area contributed by atoms with Crippen molar-refractivity contribution >= 4 is 32.5 Å². The molecule has 0 amide bonds. The quantitative estimate of drug-likeness (QED) is 0.453. The summed E-state index contributed by atoms with van der Waals surface area (Å²) in [6.07, 6.45) is 0. The van der Waals surface area contributed by atoms with Gasteiger partial charge in [-0.05, 0) is 31.5 Å². The highest BCUT2D eigenvalue weighted by atomic mass is 32.1. The predicted molar refractivity (Wildman–Crippen MR) is 120 cm³/mol. The van der Waals surface area contributed by atoms with Crippen LogP contribution in [-0.2, 0) is 13.1 Å². The molecule has 3 aromatic heterocycles. The maximum Gasteiger partial charge on any atom is 0.260 e. The van der Waals surface area contributed by atoms with E-state index in [4.69, 9.17) is 9.97 Å². The van der Waals surface area contributed by atoms with E-state index in [0.717, 1.165) is 72.1 Å². The topological polar surface area (TPSA) is 67.5 Å². The summed E-state index contributed by atoms with van der Waals surface area (Å²) in [4.78, 5) is 30.2. The molecule has 5 rings (SSSR count). The van der Waals surface area contributed by atoms with Crippen molar-refractivity contribution in [1.29, 1.82) is 0 Å². The molecule has 0 atom stereocenters. The number of aryl methyl sites for hydroxylation is 2. The molecule has 30 heavy (non-hydrogen) atoms. The van der Waals surface area contributed by atoms with Crippen molar-refractivity contribution in [1.82, 2.24) is 15.0 Å². The first kappa shape index (κ1) is 19.4. The van der Waals surface area contributed by atoms with E-state index < -0.39 is 0 Å². The molecule has 1 aromatic carbocycles. The second-order valence-corrected chi connectivity index (χ2v) is 9.53. The number of H-pyrrole nitrogens is 1. The van der Waals surface area contributed by atoms with Crippen molar-refractivity contribution in [3.05, 3.63) is 68.7 Å². The van der Waals surface area contributed by atoms with Gasteiger partial charge in [0.25, 0.3) is 5.56 Å². The zero-order valence-corrected chi connectivity index (χ0v) is 18.2. The number of aromatic nitrogens is 3. The van der Waals surface area contributed by atoms with Crippen LogP contribution in [-0.4, -0.2) is 41.1 Å². The molecule has 1 saturated heterocycles. The van der Waals surface area contributed by atoms with Crippen LogP contribution >= 0.6 is 11.3 Å². The number of benzene rings is 1. The minimum Gasteiger partial charge on any atom is -0.321 e. The third kappa shape index (κ3) is 3.76. The molecule has 0 unspecified atom stereocenters. The molecule has 0 bridgehead atoms. The van der Waals surface area contributed by atoms with E-state index in [1.807, 2.05) is 13.0 Å². The molecule has 4 aromatic rings. The molecule has 154 valence electrons. The Balaban J connectivity index is 1.22. The van der Waals surface area contributed by atoms with Crippen molar-refractivity contribution in [3.8, 4) is 0 Å². The van der Waals surface area contributed by atoms with Crippen molar-refractivity contribution < 1.29 is 9.80 Å². The van der Waals surface area contributed by atoms with Gasteiger partial charge in [-0.15, -0.1) is 11.3 Å². The molecular formula is C23H27N5OS+2. The Bertz CT molecular complexity index is 1270. The lowest BCUT2D eigenvalue weighted by Crippen LogP contribution is -3.27. The van der Waals surface area contributed by atoms with Crippen molar-refractivity contribution in [2.75, 3.05) is 26.2 Å². The standard InChI is InChI=1S/C23H25N5OS/c1-15-16(2)30-23-21(15)22(29)25-20(26-23)14-28-11-9-27(10-12-28)13-18-8-7-17-5-3-4-6-19(17)24-18/h3-8H,9-14H2,1-2H3,(H,25,26,29)/p+2. The maximum absolute atomic E-state index is 12.5. The summed E-state index contributed by atoms with van der Waals surface area (Å²) in [6.45, 7) is 10.2. The number of hydrogen-bond acceptors (Lipinski definition) is 4. The van der Waals surface area contributed by atoms with Gasteiger partial charge in [-0.1, -0.05) is 24.3 Å². The summed E-state index contributed by atoms with van der Waals surface area (Å²) in [5.74, 6) is 0.809. The highest BCUT2D eigenvalue weighted by Gasteiger charge is 2.24. The predicted octanol–water partition coefficient (Wildman–Crippen LogP) is 0.633. The highest BCUT2D eigenvalue weighted by Crippen LogP contribution is 2.25. The van der Waals surface area contributed by atoms with Crippen LogP contribution in [0.3, 0.4) is 0 Å². The van der Waals surface area contributed by atoms with Crippen LogP contribution in [0, 0.1) is 13.8 Å². The van der Waals surface area contributed by atoms with Crippen LogP contribution < -0.4 is 15.4 Å². The van der Waals surface area contributed by atoms with E-state index in [-0.39, 0.29) is 5.56 Å². The van der Waals surface area contributed by atoms with E-state index in [1.54, 1.807) is 16.2 Å². The second kappa shape index (κ2) is 7.91. The van der Waals surface area contributed by atoms with E-state index >= 15 is 0 Å². The normalized spacial score (nSPS) is 19.5. The number of fused-ring (bicyclic) bond motifs is 2. The fourth-order valence-corrected chi connectivity index (χ4v) is 5.44. The Hall–Kier alpha value is -2.61. The number of thiophene rings is 1. The smallest absolute Gasteiger partial charge is 0.260 e. The third-order valence-corrected chi connectivity index (χ3v) is 7.36. The number of aromatic amines is 1. The average Bonchev–Trinajstić information content (AvgIpc) is 3.03. The SMILES string of the molecule is Cc1sc2nc(C[NH+]3CC[NH+](Cc4ccc5ccccc5n4)CC3)[nH]c(=O)c2c1C. The van der Waals surface area contributed by atoms with Crippen LogP contribution in [0.25, 0.3) is 21.1 Å². The molecule has 1 aliphatic rings. The summed E-state index contributed by atoms with van der Waals surface area (Å²) in [7, 11) is 0. The van der Waals surface area contributed by atoms with Gasteiger partial charge in [0.1, 0.15) is 44.1 Å². The molecule has 1 aliphatic heterocycles. The Kier molecular flexibility index (Phi) is 5.10. The van der Waals surface area contributed by atoms with Gasteiger partial charge < -0.3 is 14.8 Å². The lowest BCUT2D eigenvalue weighted by Gasteiger charge is -2.29. The first-order valence-electron chi connectivity index (χ1n) is 10.6. The number of rotatable bonds is 4. The number of pyridine rings is 1. The van der Waals surface area contributed by atoms with Crippen LogP contribution in [0.15, 0.2) is 41.2 Å². The van der Waals surface area contributed by atoms with E-state index in [0.29, 0.717) is 0 Å². The Labute approximate surface area is 179 Å². The van der Waals surface area contributed by atoms with Gasteiger partial charge in [0.2, 0.25) is 0 Å². The zero-order valence-electron chi connectivity index (χ0n) is 17.4. The number of nitrogens with zero attached hydrogens (tertiary/aromatic N) is 2. The first-order chi connectivity index (χ1) is 14.6. The van der Waals surface area contributed by atoms with Crippen molar-refractivity contribution in [3.63, 3.8) is 0 Å². The van der Waals surface area contributed by atoms with E-state index in [9.17, 15) is 4.79 Å². The van der Waals surface area contributed by atoms with E-state index in [1.165, 1.54) is 15.2 Å². The summed E-state index contributed by atoms with van der Waals surface area (Å²) in [6, 6.07) is 12.6. The summed E-state index contributed by atoms with van der Waals surface area (Å²) in [5, 5.41) is 1.95. The number of para-hydroxylation sites is 1.